The van der Waals surface area contributed by atoms with Crippen LogP contribution in [-0.2, 0) is 11.3 Å². The van der Waals surface area contributed by atoms with Gasteiger partial charge in [-0.2, -0.15) is 0 Å². The minimum atomic E-state index is -0.881. The molecular formula is C11H9NO2S2. The Morgan fingerprint density at radius 2 is 2.06 bits per heavy atom. The second-order valence-electron chi connectivity index (χ2n) is 3.25. The first-order valence-electron chi connectivity index (χ1n) is 4.64. The lowest BCUT2D eigenvalue weighted by molar-refractivity contribution is -0.137. The van der Waals surface area contributed by atoms with Crippen LogP contribution in [0.5, 0.6) is 0 Å². The fourth-order valence-electron chi connectivity index (χ4n) is 1.37. The predicted molar refractivity (Wildman–Crippen MR) is 66.2 cm³/mol. The van der Waals surface area contributed by atoms with Gasteiger partial charge in [-0.15, -0.1) is 11.3 Å². The van der Waals surface area contributed by atoms with Crippen molar-refractivity contribution in [2.45, 2.75) is 6.54 Å². The van der Waals surface area contributed by atoms with Crippen molar-refractivity contribution in [3.05, 3.63) is 40.5 Å². The zero-order valence-electron chi connectivity index (χ0n) is 8.29. The van der Waals surface area contributed by atoms with E-state index >= 15 is 0 Å². The van der Waals surface area contributed by atoms with Crippen LogP contribution in [0.15, 0.2) is 36.5 Å². The number of nitrogens with zero attached hydrogens (tertiary/aromatic N) is 1. The molecule has 0 aliphatic rings. The summed E-state index contributed by atoms with van der Waals surface area (Å²) < 4.78 is 2.16. The van der Waals surface area contributed by atoms with Crippen LogP contribution in [0.1, 0.15) is 0 Å². The lowest BCUT2D eigenvalue weighted by atomic mass is 10.2. The first-order chi connectivity index (χ1) is 7.66. The van der Waals surface area contributed by atoms with Crippen molar-refractivity contribution in [2.24, 2.45) is 0 Å². The molecule has 1 aromatic carbocycles. The van der Waals surface area contributed by atoms with Crippen molar-refractivity contribution >= 4 is 29.5 Å². The molecule has 0 saturated carbocycles. The Labute approximate surface area is 102 Å². The number of carboxylic acid groups (broad SMARTS) is 1. The summed E-state index contributed by atoms with van der Waals surface area (Å²) in [5.41, 5.74) is 1.06. The molecule has 0 aliphatic heterocycles. The van der Waals surface area contributed by atoms with E-state index in [1.54, 1.807) is 10.8 Å². The lowest BCUT2D eigenvalue weighted by Gasteiger charge is -1.96. The zero-order valence-corrected chi connectivity index (χ0v) is 9.92. The van der Waals surface area contributed by atoms with Crippen LogP contribution in [0, 0.1) is 3.95 Å². The van der Waals surface area contributed by atoms with Gasteiger partial charge in [-0.05, 0) is 17.8 Å². The topological polar surface area (TPSA) is 42.2 Å². The molecule has 1 heterocycles. The number of hydrogen-bond donors (Lipinski definition) is 1. The molecule has 82 valence electrons. The number of aromatic nitrogens is 1. The maximum atomic E-state index is 10.6. The van der Waals surface area contributed by atoms with Gasteiger partial charge in [-0.25, -0.2) is 0 Å². The van der Waals surface area contributed by atoms with Gasteiger partial charge in [0.05, 0.1) is 4.88 Å². The molecule has 0 spiro atoms. The highest BCUT2D eigenvalue weighted by Gasteiger charge is 2.06. The quantitative estimate of drug-likeness (QED) is 0.853. The molecule has 0 aliphatic carbocycles. The molecule has 0 bridgehead atoms. The standard InChI is InChI=1S/C11H9NO2S2/c13-10(14)7-12-6-9(16-11(12)15)8-4-2-1-3-5-8/h1-6H,7H2,(H,13,14). The monoisotopic (exact) mass is 251 g/mol. The summed E-state index contributed by atoms with van der Waals surface area (Å²) >= 11 is 6.53. The molecule has 0 fully saturated rings. The van der Waals surface area contributed by atoms with E-state index < -0.39 is 5.97 Å². The Bertz CT molecular complexity index is 557. The molecule has 2 aromatic rings. The summed E-state index contributed by atoms with van der Waals surface area (Å²) in [6.45, 7) is -0.0812. The Morgan fingerprint density at radius 3 is 2.69 bits per heavy atom. The second-order valence-corrected chi connectivity index (χ2v) is 4.92. The minimum absolute atomic E-state index is 0.0812. The van der Waals surface area contributed by atoms with Gasteiger partial charge in [-0.1, -0.05) is 30.3 Å². The number of benzene rings is 1. The molecule has 3 nitrogen and oxygen atoms in total. The highest BCUT2D eigenvalue weighted by Crippen LogP contribution is 2.25. The second kappa shape index (κ2) is 4.59. The van der Waals surface area contributed by atoms with E-state index in [9.17, 15) is 4.79 Å². The summed E-state index contributed by atoms with van der Waals surface area (Å²) in [6.07, 6.45) is 1.79. The van der Waals surface area contributed by atoms with Gasteiger partial charge in [0.2, 0.25) is 0 Å². The fraction of sp³-hybridized carbons (Fsp3) is 0.0909. The summed E-state index contributed by atoms with van der Waals surface area (Å²) in [5.74, 6) is -0.881. The van der Waals surface area contributed by atoms with Crippen molar-refractivity contribution in [2.75, 3.05) is 0 Å². The Kier molecular flexibility index (Phi) is 3.17. The van der Waals surface area contributed by atoms with Crippen molar-refractivity contribution in [3.8, 4) is 10.4 Å². The SMILES string of the molecule is O=C(O)Cn1cc(-c2ccccc2)sc1=S. The lowest BCUT2D eigenvalue weighted by Crippen LogP contribution is -2.06. The van der Waals surface area contributed by atoms with Gasteiger partial charge >= 0.3 is 5.97 Å². The van der Waals surface area contributed by atoms with E-state index in [0.29, 0.717) is 3.95 Å². The van der Waals surface area contributed by atoms with Gasteiger partial charge in [0.15, 0.2) is 3.95 Å². The van der Waals surface area contributed by atoms with Gasteiger partial charge in [0.1, 0.15) is 6.54 Å². The maximum absolute atomic E-state index is 10.6. The number of thiazole rings is 1. The van der Waals surface area contributed by atoms with Crippen molar-refractivity contribution in [1.82, 2.24) is 4.57 Å². The summed E-state index contributed by atoms with van der Waals surface area (Å²) in [7, 11) is 0. The summed E-state index contributed by atoms with van der Waals surface area (Å²) in [5, 5.41) is 8.71. The molecule has 0 amide bonds. The molecule has 2 rings (SSSR count). The van der Waals surface area contributed by atoms with Gasteiger partial charge in [0, 0.05) is 6.20 Å². The average molecular weight is 251 g/mol. The highest BCUT2D eigenvalue weighted by atomic mass is 32.1. The van der Waals surface area contributed by atoms with Crippen LogP contribution in [-0.4, -0.2) is 15.6 Å². The molecule has 0 unspecified atom stereocenters. The van der Waals surface area contributed by atoms with Crippen LogP contribution in [0.2, 0.25) is 0 Å². The fourth-order valence-corrected chi connectivity index (χ4v) is 2.61. The normalized spacial score (nSPS) is 10.2. The van der Waals surface area contributed by atoms with E-state index in [2.05, 4.69) is 0 Å². The van der Waals surface area contributed by atoms with Gasteiger partial charge in [-0.3, -0.25) is 4.79 Å². The minimum Gasteiger partial charge on any atom is -0.480 e. The number of carboxylic acids is 1. The zero-order chi connectivity index (χ0) is 11.5. The number of rotatable bonds is 3. The first kappa shape index (κ1) is 11.0. The Balaban J connectivity index is 2.38. The third-order valence-electron chi connectivity index (χ3n) is 2.07. The summed E-state index contributed by atoms with van der Waals surface area (Å²) in [4.78, 5) is 11.6. The molecule has 0 atom stereocenters. The smallest absolute Gasteiger partial charge is 0.323 e. The van der Waals surface area contributed by atoms with Gasteiger partial charge in [0.25, 0.3) is 0 Å². The third kappa shape index (κ3) is 2.37. The van der Waals surface area contributed by atoms with E-state index in [-0.39, 0.29) is 6.54 Å². The average Bonchev–Trinajstić information content (AvgIpc) is 2.61. The van der Waals surface area contributed by atoms with Crippen molar-refractivity contribution in [1.29, 1.82) is 0 Å². The first-order valence-corrected chi connectivity index (χ1v) is 5.87. The van der Waals surface area contributed by atoms with Crippen molar-refractivity contribution in [3.63, 3.8) is 0 Å². The molecule has 5 heteroatoms. The molecule has 1 aromatic heterocycles. The Morgan fingerprint density at radius 1 is 1.38 bits per heavy atom. The molecule has 0 saturated heterocycles. The number of aliphatic carboxylic acids is 1. The van der Waals surface area contributed by atoms with E-state index in [1.165, 1.54) is 11.3 Å². The number of carbonyl (C=O) groups is 1. The van der Waals surface area contributed by atoms with Crippen LogP contribution in [0.4, 0.5) is 0 Å². The van der Waals surface area contributed by atoms with Crippen LogP contribution < -0.4 is 0 Å². The van der Waals surface area contributed by atoms with Crippen LogP contribution >= 0.6 is 23.6 Å². The predicted octanol–water partition coefficient (Wildman–Crippen LogP) is 3.03. The van der Waals surface area contributed by atoms with Crippen molar-refractivity contribution < 1.29 is 9.90 Å². The summed E-state index contributed by atoms with van der Waals surface area (Å²) in [6, 6.07) is 9.79. The molecular weight excluding hydrogens is 242 g/mol. The molecule has 0 radical (unpaired) electrons. The number of hydrogen-bond acceptors (Lipinski definition) is 3. The van der Waals surface area contributed by atoms with E-state index in [4.69, 9.17) is 17.3 Å². The maximum Gasteiger partial charge on any atom is 0.323 e. The molecule has 16 heavy (non-hydrogen) atoms. The van der Waals surface area contributed by atoms with Gasteiger partial charge < -0.3 is 9.67 Å². The largest absolute Gasteiger partial charge is 0.480 e. The Hall–Kier alpha value is -1.46. The third-order valence-corrected chi connectivity index (χ3v) is 3.52. The molecule has 1 N–H and O–H groups in total. The van der Waals surface area contributed by atoms with E-state index in [0.717, 1.165) is 10.4 Å². The van der Waals surface area contributed by atoms with Crippen LogP contribution in [0.3, 0.4) is 0 Å². The van der Waals surface area contributed by atoms with Crippen LogP contribution in [0.25, 0.3) is 10.4 Å². The van der Waals surface area contributed by atoms with E-state index in [1.807, 2.05) is 30.3 Å². The highest BCUT2D eigenvalue weighted by molar-refractivity contribution is 7.73.